The molecule has 2 aliphatic carbocycles. The Morgan fingerprint density at radius 3 is 2.62 bits per heavy atom. The summed E-state index contributed by atoms with van der Waals surface area (Å²) in [6.45, 7) is 4.11. The van der Waals surface area contributed by atoms with E-state index in [-0.39, 0.29) is 37.3 Å². The first-order valence-electron chi connectivity index (χ1n) is 12.6. The van der Waals surface area contributed by atoms with Crippen LogP contribution in [0.2, 0.25) is 10.0 Å². The summed E-state index contributed by atoms with van der Waals surface area (Å²) in [5, 5.41) is 27.8. The molecule has 0 aliphatic heterocycles. The summed E-state index contributed by atoms with van der Waals surface area (Å²) >= 11 is 12.0. The molecule has 1 aromatic carbocycles. The number of carbonyl (C=O) groups excluding carboxylic acids is 2. The lowest BCUT2D eigenvalue weighted by Crippen LogP contribution is -2.61. The lowest BCUT2D eigenvalue weighted by atomic mass is 9.46. The van der Waals surface area contributed by atoms with Crippen LogP contribution in [0.5, 0.6) is 0 Å². The van der Waals surface area contributed by atoms with Crippen molar-refractivity contribution in [3.05, 3.63) is 52.4 Å². The van der Waals surface area contributed by atoms with Gasteiger partial charge in [-0.1, -0.05) is 37.0 Å². The predicted octanol–water partition coefficient (Wildman–Crippen LogP) is 5.40. The van der Waals surface area contributed by atoms with E-state index in [1.807, 2.05) is 6.92 Å². The van der Waals surface area contributed by atoms with Gasteiger partial charge in [-0.2, -0.15) is 0 Å². The van der Waals surface area contributed by atoms with Gasteiger partial charge >= 0.3 is 6.09 Å². The molecule has 4 N–H and O–H groups in total. The Bertz CT molecular complexity index is 1110. The summed E-state index contributed by atoms with van der Waals surface area (Å²) in [5.74, 6) is 0.145. The zero-order valence-corrected chi connectivity index (χ0v) is 22.5. The second kappa shape index (κ2) is 11.2. The van der Waals surface area contributed by atoms with Gasteiger partial charge in [0.05, 0.1) is 35.6 Å². The van der Waals surface area contributed by atoms with E-state index in [1.54, 1.807) is 36.6 Å². The number of anilines is 1. The lowest BCUT2D eigenvalue weighted by Gasteiger charge is -2.60. The third-order valence-electron chi connectivity index (χ3n) is 8.54. The lowest BCUT2D eigenvalue weighted by molar-refractivity contribution is -0.185. The maximum atomic E-state index is 12.8. The molecule has 8 nitrogen and oxygen atoms in total. The monoisotopic (exact) mass is 552 g/mol. The maximum absolute atomic E-state index is 12.8. The standard InChI is InChI=1S/C27H34Cl2N2O6/c1-26-10-9-23(37-25(35)31-16-5-6-19(28)20(29)12-16)27(2,15-32)22(26)8-7-21(33)18(26)13-24(34)30-14-17-4-3-11-36-17/h3-6,11-12,18,21-23,32-33H,7-10,13-15H2,1-2H3,(H,30,34)(H,31,35). The largest absolute Gasteiger partial charge is 0.467 e. The third-order valence-corrected chi connectivity index (χ3v) is 9.28. The number of carbonyl (C=O) groups is 2. The molecule has 2 fully saturated rings. The zero-order chi connectivity index (χ0) is 26.8. The molecule has 1 heterocycles. The van der Waals surface area contributed by atoms with Crippen molar-refractivity contribution in [2.45, 2.75) is 64.7 Å². The van der Waals surface area contributed by atoms with Gasteiger partial charge in [-0.15, -0.1) is 0 Å². The molecule has 202 valence electrons. The van der Waals surface area contributed by atoms with Crippen LogP contribution in [0.4, 0.5) is 10.5 Å². The van der Waals surface area contributed by atoms with E-state index < -0.39 is 29.1 Å². The molecule has 6 unspecified atom stereocenters. The molecule has 2 aromatic rings. The van der Waals surface area contributed by atoms with Crippen LogP contribution < -0.4 is 10.6 Å². The summed E-state index contributed by atoms with van der Waals surface area (Å²) in [6, 6.07) is 8.31. The SMILES string of the molecule is CC1(CO)C(OC(=O)Nc2ccc(Cl)c(Cl)c2)CCC2(C)C(CC(=O)NCc3ccco3)C(O)CCC12. The number of amides is 2. The van der Waals surface area contributed by atoms with Gasteiger partial charge in [0, 0.05) is 17.5 Å². The Morgan fingerprint density at radius 1 is 1.16 bits per heavy atom. The number of rotatable bonds is 7. The minimum atomic E-state index is -0.745. The smallest absolute Gasteiger partial charge is 0.411 e. The van der Waals surface area contributed by atoms with Gasteiger partial charge in [0.25, 0.3) is 0 Å². The highest BCUT2D eigenvalue weighted by atomic mass is 35.5. The number of nitrogens with one attached hydrogen (secondary N) is 2. The fourth-order valence-corrected chi connectivity index (χ4v) is 6.80. The van der Waals surface area contributed by atoms with Crippen LogP contribution in [0, 0.1) is 22.7 Å². The Morgan fingerprint density at radius 2 is 1.95 bits per heavy atom. The number of ether oxygens (including phenoxy) is 1. The molecule has 0 bridgehead atoms. The van der Waals surface area contributed by atoms with Crippen LogP contribution in [0.3, 0.4) is 0 Å². The van der Waals surface area contributed by atoms with Crippen LogP contribution in [0.15, 0.2) is 41.0 Å². The average Bonchev–Trinajstić information content (AvgIpc) is 3.38. The highest BCUT2D eigenvalue weighted by molar-refractivity contribution is 6.42. The number of furan rings is 1. The molecule has 2 amide bonds. The highest BCUT2D eigenvalue weighted by Crippen LogP contribution is 2.61. The topological polar surface area (TPSA) is 121 Å². The molecule has 2 saturated carbocycles. The Kier molecular flexibility index (Phi) is 8.43. The number of hydrogen-bond donors (Lipinski definition) is 4. The summed E-state index contributed by atoms with van der Waals surface area (Å²) in [6.07, 6.45) is 2.22. The molecule has 0 radical (unpaired) electrons. The van der Waals surface area contributed by atoms with E-state index >= 15 is 0 Å². The zero-order valence-electron chi connectivity index (χ0n) is 21.0. The normalized spacial score (nSPS) is 31.3. The number of benzene rings is 1. The van der Waals surface area contributed by atoms with E-state index in [0.717, 1.165) is 0 Å². The number of halogens is 2. The molecule has 6 atom stereocenters. The highest BCUT2D eigenvalue weighted by Gasteiger charge is 2.60. The van der Waals surface area contributed by atoms with Gasteiger partial charge in [0.15, 0.2) is 0 Å². The summed E-state index contributed by atoms with van der Waals surface area (Å²) in [7, 11) is 0. The summed E-state index contributed by atoms with van der Waals surface area (Å²) in [4.78, 5) is 25.6. The van der Waals surface area contributed by atoms with Gasteiger partial charge in [0.2, 0.25) is 5.91 Å². The molecule has 37 heavy (non-hydrogen) atoms. The van der Waals surface area contributed by atoms with Crippen LogP contribution in [0.25, 0.3) is 0 Å². The molecule has 2 aliphatic rings. The first kappa shape index (κ1) is 27.8. The van der Waals surface area contributed by atoms with Crippen LogP contribution in [0.1, 0.15) is 51.7 Å². The van der Waals surface area contributed by atoms with E-state index in [4.69, 9.17) is 32.4 Å². The first-order valence-corrected chi connectivity index (χ1v) is 13.3. The Hall–Kier alpha value is -2.26. The summed E-state index contributed by atoms with van der Waals surface area (Å²) < 4.78 is 11.1. The molecule has 1 aromatic heterocycles. The quantitative estimate of drug-likeness (QED) is 0.365. The first-order chi connectivity index (χ1) is 17.6. The minimum absolute atomic E-state index is 0.0622. The van der Waals surface area contributed by atoms with Crippen LogP contribution in [-0.2, 0) is 16.1 Å². The van der Waals surface area contributed by atoms with Crippen molar-refractivity contribution in [2.24, 2.45) is 22.7 Å². The van der Waals surface area contributed by atoms with Crippen LogP contribution in [-0.4, -0.2) is 41.0 Å². The van der Waals surface area contributed by atoms with Crippen molar-refractivity contribution in [3.63, 3.8) is 0 Å². The maximum Gasteiger partial charge on any atom is 0.411 e. The minimum Gasteiger partial charge on any atom is -0.467 e. The molecule has 4 rings (SSSR count). The number of aliphatic hydroxyl groups is 2. The Balaban J connectivity index is 1.45. The average molecular weight is 553 g/mol. The predicted molar refractivity (Wildman–Crippen MR) is 140 cm³/mol. The van der Waals surface area contributed by atoms with E-state index in [9.17, 15) is 19.8 Å². The third kappa shape index (κ3) is 5.77. The van der Waals surface area contributed by atoms with Gasteiger partial charge in [-0.3, -0.25) is 10.1 Å². The number of hydrogen-bond acceptors (Lipinski definition) is 6. The fraction of sp³-hybridized carbons (Fsp3) is 0.556. The van der Waals surface area contributed by atoms with Crippen molar-refractivity contribution in [3.8, 4) is 0 Å². The van der Waals surface area contributed by atoms with Gasteiger partial charge < -0.3 is 24.7 Å². The van der Waals surface area contributed by atoms with Crippen molar-refractivity contribution >= 4 is 40.9 Å². The van der Waals surface area contributed by atoms with E-state index in [2.05, 4.69) is 17.6 Å². The molecular weight excluding hydrogens is 519 g/mol. The van der Waals surface area contributed by atoms with Crippen molar-refractivity contribution in [2.75, 3.05) is 11.9 Å². The van der Waals surface area contributed by atoms with Gasteiger partial charge in [-0.05, 0) is 73.3 Å². The van der Waals surface area contributed by atoms with Gasteiger partial charge in [0.1, 0.15) is 11.9 Å². The van der Waals surface area contributed by atoms with Crippen molar-refractivity contribution < 1.29 is 29.0 Å². The van der Waals surface area contributed by atoms with E-state index in [1.165, 1.54) is 0 Å². The second-order valence-electron chi connectivity index (χ2n) is 10.7. The molecule has 0 spiro atoms. The second-order valence-corrected chi connectivity index (χ2v) is 11.5. The van der Waals surface area contributed by atoms with Gasteiger partial charge in [-0.25, -0.2) is 4.79 Å². The number of aliphatic hydroxyl groups excluding tert-OH is 2. The van der Waals surface area contributed by atoms with Crippen molar-refractivity contribution in [1.29, 1.82) is 0 Å². The molecular formula is C27H34Cl2N2O6. The summed E-state index contributed by atoms with van der Waals surface area (Å²) in [5.41, 5.74) is -0.713. The fourth-order valence-electron chi connectivity index (χ4n) is 6.50. The van der Waals surface area contributed by atoms with E-state index in [0.29, 0.717) is 47.2 Å². The molecule has 10 heteroatoms. The molecule has 0 saturated heterocycles. The number of fused-ring (bicyclic) bond motifs is 1. The van der Waals surface area contributed by atoms with Crippen molar-refractivity contribution in [1.82, 2.24) is 5.32 Å². The Labute approximate surface area is 226 Å². The van der Waals surface area contributed by atoms with Crippen LogP contribution >= 0.6 is 23.2 Å².